The average Bonchev–Trinajstić information content (AvgIpc) is 3.65. The quantitative estimate of drug-likeness (QED) is 0.131. The summed E-state index contributed by atoms with van der Waals surface area (Å²) in [5.41, 5.74) is 3.28. The monoisotopic (exact) mass is 775 g/mol. The number of carbonyl (C=O) groups is 5. The molecule has 3 aromatic rings. The van der Waals surface area contributed by atoms with Crippen molar-refractivity contribution in [2.75, 3.05) is 19.0 Å². The lowest BCUT2D eigenvalue weighted by Crippen LogP contribution is -2.58. The number of rotatable bonds is 18. The smallest absolute Gasteiger partial charge is 0.306 e. The third kappa shape index (κ3) is 11.4. The van der Waals surface area contributed by atoms with Crippen LogP contribution in [0.25, 0.3) is 0 Å². The highest BCUT2D eigenvalue weighted by Gasteiger charge is 2.38. The molecule has 0 fully saturated rings. The van der Waals surface area contributed by atoms with Gasteiger partial charge in [0, 0.05) is 50.6 Å². The first-order valence-electron chi connectivity index (χ1n) is 19.2. The van der Waals surface area contributed by atoms with Crippen molar-refractivity contribution >= 4 is 46.7 Å². The highest BCUT2D eigenvalue weighted by Crippen LogP contribution is 2.32. The molecule has 55 heavy (non-hydrogen) atoms. The second-order valence-corrected chi connectivity index (χ2v) is 16.1. The molecule has 4 rings (SSSR count). The summed E-state index contributed by atoms with van der Waals surface area (Å²) >= 11 is 1.18. The lowest BCUT2D eigenvalue weighted by molar-refractivity contribution is -0.149. The summed E-state index contributed by atoms with van der Waals surface area (Å²) in [6.07, 6.45) is 2.10. The predicted octanol–water partition coefficient (Wildman–Crippen LogP) is 6.05. The van der Waals surface area contributed by atoms with Gasteiger partial charge >= 0.3 is 11.9 Å². The third-order valence-corrected chi connectivity index (χ3v) is 11.7. The molecule has 0 spiro atoms. The van der Waals surface area contributed by atoms with Gasteiger partial charge in [-0.1, -0.05) is 89.6 Å². The molecule has 298 valence electrons. The minimum absolute atomic E-state index is 0.0704. The number of aryl methyl sites for hydroxylation is 1. The van der Waals surface area contributed by atoms with Crippen molar-refractivity contribution in [3.8, 4) is 0 Å². The maximum Gasteiger partial charge on any atom is 0.306 e. The highest BCUT2D eigenvalue weighted by atomic mass is 32.1. The van der Waals surface area contributed by atoms with Crippen molar-refractivity contribution < 1.29 is 33.8 Å². The number of aliphatic carboxylic acids is 1. The summed E-state index contributed by atoms with van der Waals surface area (Å²) in [4.78, 5) is 74.0. The molecule has 3 amide bonds. The number of anilines is 1. The van der Waals surface area contributed by atoms with Crippen molar-refractivity contribution in [3.05, 3.63) is 81.8 Å². The Kier molecular flexibility index (Phi) is 15.4. The summed E-state index contributed by atoms with van der Waals surface area (Å²) in [7, 11) is 3.63. The zero-order chi connectivity index (χ0) is 40.4. The van der Waals surface area contributed by atoms with Crippen LogP contribution in [-0.2, 0) is 36.8 Å². The summed E-state index contributed by atoms with van der Waals surface area (Å²) in [5.74, 6) is -3.27. The Balaban J connectivity index is 1.51. The van der Waals surface area contributed by atoms with Gasteiger partial charge in [-0.2, -0.15) is 0 Å². The van der Waals surface area contributed by atoms with E-state index in [1.54, 1.807) is 24.3 Å². The summed E-state index contributed by atoms with van der Waals surface area (Å²) in [6, 6.07) is 15.5. The number of para-hydroxylation sites is 1. The van der Waals surface area contributed by atoms with Gasteiger partial charge in [-0.15, -0.1) is 11.3 Å². The van der Waals surface area contributed by atoms with Crippen LogP contribution >= 0.6 is 11.3 Å². The molecule has 0 saturated carbocycles. The molecule has 2 aromatic carbocycles. The number of thiazole rings is 1. The van der Waals surface area contributed by atoms with Crippen LogP contribution in [0, 0.1) is 17.8 Å². The number of aromatic nitrogens is 1. The number of carboxylic acid groups (broad SMARTS) is 1. The number of amides is 3. The van der Waals surface area contributed by atoms with Crippen molar-refractivity contribution in [3.63, 3.8) is 0 Å². The molecule has 7 atom stereocenters. The number of likely N-dealkylation sites (N-methyl/N-ethyl adjacent to an activating group) is 2. The number of benzene rings is 2. The second kappa shape index (κ2) is 19.7. The minimum Gasteiger partial charge on any atom is -0.481 e. The SMILES string of the molecule is CC[C@H](C)[C@H](NC(=O)[C@H]1CCc2ccccc2N1C)C(=O)N(C)[C@H](C[C@@H](OC(C)=O)c1nc(C(=O)N[C@@H](Cc2ccccc2)C[C@H](C)C(=O)O)cs1)C(C)C. The number of fused-ring (bicyclic) bond motifs is 1. The van der Waals surface area contributed by atoms with Gasteiger partial charge in [0.1, 0.15) is 22.8 Å². The summed E-state index contributed by atoms with van der Waals surface area (Å²) in [6.45, 7) is 10.8. The molecule has 3 N–H and O–H groups in total. The Morgan fingerprint density at radius 2 is 1.67 bits per heavy atom. The van der Waals surface area contributed by atoms with E-state index in [9.17, 15) is 29.1 Å². The van der Waals surface area contributed by atoms with Crippen LogP contribution in [0.3, 0.4) is 0 Å². The van der Waals surface area contributed by atoms with Crippen LogP contribution in [0.4, 0.5) is 5.69 Å². The molecule has 1 aliphatic heterocycles. The van der Waals surface area contributed by atoms with Crippen LogP contribution < -0.4 is 15.5 Å². The third-order valence-electron chi connectivity index (χ3n) is 10.7. The lowest BCUT2D eigenvalue weighted by atomic mass is 9.92. The normalized spacial score (nSPS) is 17.2. The number of carbonyl (C=O) groups excluding carboxylic acids is 4. The molecule has 12 nitrogen and oxygen atoms in total. The molecule has 13 heteroatoms. The van der Waals surface area contributed by atoms with E-state index in [0.29, 0.717) is 24.3 Å². The predicted molar refractivity (Wildman–Crippen MR) is 214 cm³/mol. The Morgan fingerprint density at radius 3 is 2.31 bits per heavy atom. The first kappa shape index (κ1) is 43.0. The van der Waals surface area contributed by atoms with Crippen LogP contribution in [0.15, 0.2) is 60.0 Å². The van der Waals surface area contributed by atoms with E-state index < -0.39 is 54.0 Å². The van der Waals surface area contributed by atoms with Gasteiger partial charge in [-0.3, -0.25) is 24.0 Å². The Hall–Kier alpha value is -4.78. The van der Waals surface area contributed by atoms with Crippen LogP contribution in [-0.4, -0.2) is 82.9 Å². The molecule has 2 heterocycles. The van der Waals surface area contributed by atoms with E-state index in [-0.39, 0.29) is 42.2 Å². The fraction of sp³-hybridized carbons (Fsp3) is 0.524. The zero-order valence-electron chi connectivity index (χ0n) is 33.3. The largest absolute Gasteiger partial charge is 0.481 e. The van der Waals surface area contributed by atoms with Gasteiger partial charge in [0.15, 0.2) is 6.10 Å². The van der Waals surface area contributed by atoms with Gasteiger partial charge in [0.05, 0.1) is 5.92 Å². The van der Waals surface area contributed by atoms with Gasteiger partial charge in [-0.25, -0.2) is 4.98 Å². The molecule has 1 aromatic heterocycles. The molecule has 0 radical (unpaired) electrons. The van der Waals surface area contributed by atoms with Gasteiger partial charge in [-0.05, 0) is 54.7 Å². The van der Waals surface area contributed by atoms with Crippen LogP contribution in [0.1, 0.15) is 100.0 Å². The maximum absolute atomic E-state index is 14.4. The number of nitrogens with one attached hydrogen (secondary N) is 2. The minimum atomic E-state index is -0.948. The van der Waals surface area contributed by atoms with E-state index in [4.69, 9.17) is 4.74 Å². The molecule has 1 aliphatic rings. The molecule has 0 bridgehead atoms. The Labute approximate surface area is 329 Å². The second-order valence-electron chi connectivity index (χ2n) is 15.2. The van der Waals surface area contributed by atoms with E-state index >= 15 is 0 Å². The van der Waals surface area contributed by atoms with Crippen molar-refractivity contribution in [1.29, 1.82) is 0 Å². The number of nitrogens with zero attached hydrogens (tertiary/aromatic N) is 3. The molecule has 0 unspecified atom stereocenters. The zero-order valence-corrected chi connectivity index (χ0v) is 34.1. The van der Waals surface area contributed by atoms with Gasteiger partial charge < -0.3 is 30.3 Å². The molecule has 0 aliphatic carbocycles. The Morgan fingerprint density at radius 1 is 1.00 bits per heavy atom. The molecular weight excluding hydrogens is 719 g/mol. The summed E-state index contributed by atoms with van der Waals surface area (Å²) in [5, 5.41) is 17.6. The standard InChI is InChI=1S/C42H57N5O7S/c1-9-26(4)37(45-39(50)34-20-19-30-17-13-14-18-33(30)46(34)7)41(51)47(8)35(25(2)3)23-36(54-28(6)48)40-44-32(24-55-40)38(49)43-31(21-27(5)42(52)53)22-29-15-11-10-12-16-29/h10-18,24-27,31,34-37H,9,19-23H2,1-8H3,(H,43,49)(H,45,50)(H,52,53)/t26-,27-,31+,34+,35+,36+,37-/m0/s1. The number of esters is 1. The highest BCUT2D eigenvalue weighted by molar-refractivity contribution is 7.09. The van der Waals surface area contributed by atoms with Gasteiger partial charge in [0.25, 0.3) is 5.91 Å². The number of hydrogen-bond donors (Lipinski definition) is 3. The topological polar surface area (TPSA) is 158 Å². The van der Waals surface area contributed by atoms with Crippen LogP contribution in [0.2, 0.25) is 0 Å². The first-order chi connectivity index (χ1) is 26.1. The van der Waals surface area contributed by atoms with Crippen molar-refractivity contribution in [2.24, 2.45) is 17.8 Å². The van der Waals surface area contributed by atoms with E-state index in [1.165, 1.54) is 23.8 Å². The number of carboxylic acids is 1. The van der Waals surface area contributed by atoms with E-state index in [2.05, 4.69) is 21.7 Å². The van der Waals surface area contributed by atoms with E-state index in [0.717, 1.165) is 17.7 Å². The summed E-state index contributed by atoms with van der Waals surface area (Å²) < 4.78 is 5.79. The molecule has 0 saturated heterocycles. The fourth-order valence-corrected chi connectivity index (χ4v) is 8.10. The average molecular weight is 776 g/mol. The van der Waals surface area contributed by atoms with Gasteiger partial charge in [0.2, 0.25) is 11.8 Å². The van der Waals surface area contributed by atoms with Crippen molar-refractivity contribution in [1.82, 2.24) is 20.5 Å². The fourth-order valence-electron chi connectivity index (χ4n) is 7.26. The number of hydrogen-bond acceptors (Lipinski definition) is 9. The number of ether oxygens (including phenoxy) is 1. The Bertz CT molecular complexity index is 1780. The van der Waals surface area contributed by atoms with Crippen LogP contribution in [0.5, 0.6) is 0 Å². The first-order valence-corrected chi connectivity index (χ1v) is 20.1. The lowest BCUT2D eigenvalue weighted by Gasteiger charge is -2.39. The maximum atomic E-state index is 14.4. The van der Waals surface area contributed by atoms with E-state index in [1.807, 2.05) is 88.2 Å². The molecular formula is C42H57N5O7S. The van der Waals surface area contributed by atoms with Crippen molar-refractivity contribution in [2.45, 2.75) is 110 Å².